The smallest absolute Gasteiger partial charge is 0.239 e. The first-order valence-electron chi connectivity index (χ1n) is 4.97. The summed E-state index contributed by atoms with van der Waals surface area (Å²) in [6.45, 7) is 0. The van der Waals surface area contributed by atoms with E-state index in [0.29, 0.717) is 6.04 Å². The predicted octanol–water partition coefficient (Wildman–Crippen LogP) is 1.73. The molecule has 1 saturated carbocycles. The van der Waals surface area contributed by atoms with Crippen LogP contribution in [0.2, 0.25) is 0 Å². The highest BCUT2D eigenvalue weighted by Gasteiger charge is 2.27. The van der Waals surface area contributed by atoms with Gasteiger partial charge in [-0.25, -0.2) is 0 Å². The quantitative estimate of drug-likeness (QED) is 0.874. The van der Waals surface area contributed by atoms with Gasteiger partial charge >= 0.3 is 0 Å². The van der Waals surface area contributed by atoms with Crippen molar-refractivity contribution in [3.8, 4) is 0 Å². The fraction of sp³-hybridized carbons (Fsp3) is 0.364. The molecule has 2 rings (SSSR count). The van der Waals surface area contributed by atoms with Gasteiger partial charge in [-0.05, 0) is 30.5 Å². The highest BCUT2D eigenvalue weighted by molar-refractivity contribution is 9.10. The van der Waals surface area contributed by atoms with E-state index in [2.05, 4.69) is 21.2 Å². The Morgan fingerprint density at radius 2 is 2.00 bits per heavy atom. The minimum Gasteiger partial charge on any atom is -0.368 e. The molecule has 0 radical (unpaired) electrons. The molecule has 0 bridgehead atoms. The standard InChI is InChI=1S/C11H13BrN2O/c12-8-3-1-7(2-4-8)10(11(13)15)14-9-5-6-9/h1-4,9-10,14H,5-6H2,(H2,13,15). The molecule has 1 aromatic rings. The number of carbonyl (C=O) groups excluding carboxylic acids is 1. The molecule has 4 heteroatoms. The maximum atomic E-state index is 11.3. The first kappa shape index (κ1) is 10.6. The number of hydrogen-bond acceptors (Lipinski definition) is 2. The Hall–Kier alpha value is -0.870. The van der Waals surface area contributed by atoms with Crippen LogP contribution in [-0.4, -0.2) is 11.9 Å². The first-order chi connectivity index (χ1) is 7.16. The number of halogens is 1. The van der Waals surface area contributed by atoms with Crippen LogP contribution in [0.25, 0.3) is 0 Å². The normalized spacial score (nSPS) is 17.4. The van der Waals surface area contributed by atoms with Crippen LogP contribution in [0, 0.1) is 0 Å². The fourth-order valence-electron chi connectivity index (χ4n) is 1.48. The zero-order valence-corrected chi connectivity index (χ0v) is 9.83. The number of primary amides is 1. The van der Waals surface area contributed by atoms with E-state index in [1.54, 1.807) is 0 Å². The molecule has 0 heterocycles. The number of rotatable bonds is 4. The van der Waals surface area contributed by atoms with E-state index >= 15 is 0 Å². The van der Waals surface area contributed by atoms with Crippen LogP contribution in [0.3, 0.4) is 0 Å². The lowest BCUT2D eigenvalue weighted by molar-refractivity contribution is -0.120. The van der Waals surface area contributed by atoms with Gasteiger partial charge in [0.1, 0.15) is 6.04 Å². The second kappa shape index (κ2) is 4.33. The van der Waals surface area contributed by atoms with Crippen molar-refractivity contribution in [1.82, 2.24) is 5.32 Å². The van der Waals surface area contributed by atoms with Crippen LogP contribution >= 0.6 is 15.9 Å². The molecule has 1 aromatic carbocycles. The molecule has 1 aliphatic carbocycles. The van der Waals surface area contributed by atoms with Crippen molar-refractivity contribution in [3.05, 3.63) is 34.3 Å². The van der Waals surface area contributed by atoms with Crippen molar-refractivity contribution in [2.24, 2.45) is 5.73 Å². The van der Waals surface area contributed by atoms with E-state index in [0.717, 1.165) is 22.9 Å². The molecule has 1 aliphatic rings. The predicted molar refractivity (Wildman–Crippen MR) is 62.2 cm³/mol. The van der Waals surface area contributed by atoms with E-state index in [-0.39, 0.29) is 11.9 Å². The Kier molecular flexibility index (Phi) is 3.07. The van der Waals surface area contributed by atoms with Gasteiger partial charge in [-0.2, -0.15) is 0 Å². The van der Waals surface area contributed by atoms with Gasteiger partial charge in [0.15, 0.2) is 0 Å². The van der Waals surface area contributed by atoms with Gasteiger partial charge in [-0.1, -0.05) is 28.1 Å². The van der Waals surface area contributed by atoms with Crippen LogP contribution < -0.4 is 11.1 Å². The maximum absolute atomic E-state index is 11.3. The van der Waals surface area contributed by atoms with E-state index in [1.165, 1.54) is 0 Å². The van der Waals surface area contributed by atoms with Gasteiger partial charge in [0, 0.05) is 10.5 Å². The number of carbonyl (C=O) groups is 1. The molecule has 15 heavy (non-hydrogen) atoms. The van der Waals surface area contributed by atoms with Crippen LogP contribution in [0.1, 0.15) is 24.4 Å². The minimum atomic E-state index is -0.356. The molecule has 3 N–H and O–H groups in total. The lowest BCUT2D eigenvalue weighted by Crippen LogP contribution is -2.34. The van der Waals surface area contributed by atoms with E-state index in [9.17, 15) is 4.79 Å². The second-order valence-electron chi connectivity index (χ2n) is 3.83. The molecule has 0 aliphatic heterocycles. The van der Waals surface area contributed by atoms with Crippen molar-refractivity contribution in [3.63, 3.8) is 0 Å². The molecule has 1 atom stereocenters. The van der Waals surface area contributed by atoms with Crippen molar-refractivity contribution >= 4 is 21.8 Å². The highest BCUT2D eigenvalue weighted by Crippen LogP contribution is 2.24. The number of amides is 1. The lowest BCUT2D eigenvalue weighted by Gasteiger charge is -2.15. The summed E-state index contributed by atoms with van der Waals surface area (Å²) >= 11 is 3.36. The van der Waals surface area contributed by atoms with Gasteiger partial charge in [0.2, 0.25) is 5.91 Å². The molecule has 1 unspecified atom stereocenters. The number of benzene rings is 1. The Labute approximate surface area is 97.2 Å². The van der Waals surface area contributed by atoms with Crippen molar-refractivity contribution in [1.29, 1.82) is 0 Å². The summed E-state index contributed by atoms with van der Waals surface area (Å²) in [6, 6.07) is 7.76. The zero-order chi connectivity index (χ0) is 10.8. The van der Waals surface area contributed by atoms with Crippen LogP contribution in [-0.2, 0) is 4.79 Å². The largest absolute Gasteiger partial charge is 0.368 e. The van der Waals surface area contributed by atoms with Crippen molar-refractivity contribution in [2.75, 3.05) is 0 Å². The topological polar surface area (TPSA) is 55.1 Å². The van der Waals surface area contributed by atoms with Gasteiger partial charge in [-0.15, -0.1) is 0 Å². The molecular formula is C11H13BrN2O. The Morgan fingerprint density at radius 1 is 1.40 bits per heavy atom. The molecule has 3 nitrogen and oxygen atoms in total. The van der Waals surface area contributed by atoms with Crippen molar-refractivity contribution in [2.45, 2.75) is 24.9 Å². The molecule has 80 valence electrons. The summed E-state index contributed by atoms with van der Waals surface area (Å²) in [4.78, 5) is 11.3. The highest BCUT2D eigenvalue weighted by atomic mass is 79.9. The maximum Gasteiger partial charge on any atom is 0.239 e. The third-order valence-corrected chi connectivity index (χ3v) is 3.00. The van der Waals surface area contributed by atoms with Gasteiger partial charge in [0.25, 0.3) is 0 Å². The minimum absolute atomic E-state index is 0.316. The summed E-state index contributed by atoms with van der Waals surface area (Å²) in [5.74, 6) is -0.316. The molecular weight excluding hydrogens is 256 g/mol. The molecule has 0 spiro atoms. The summed E-state index contributed by atoms with van der Waals surface area (Å²) in [7, 11) is 0. The summed E-state index contributed by atoms with van der Waals surface area (Å²) in [5, 5.41) is 3.24. The van der Waals surface area contributed by atoms with E-state index in [1.807, 2.05) is 24.3 Å². The summed E-state index contributed by atoms with van der Waals surface area (Å²) < 4.78 is 1.00. The van der Waals surface area contributed by atoms with Gasteiger partial charge in [0.05, 0.1) is 0 Å². The lowest BCUT2D eigenvalue weighted by atomic mass is 10.1. The molecule has 0 aromatic heterocycles. The Morgan fingerprint density at radius 3 is 2.47 bits per heavy atom. The monoisotopic (exact) mass is 268 g/mol. The summed E-state index contributed by atoms with van der Waals surface area (Å²) in [6.07, 6.45) is 2.28. The Balaban J connectivity index is 2.15. The third kappa shape index (κ3) is 2.79. The molecule has 1 fully saturated rings. The molecule has 0 saturated heterocycles. The SMILES string of the molecule is NC(=O)C(NC1CC1)c1ccc(Br)cc1. The van der Waals surface area contributed by atoms with Crippen molar-refractivity contribution < 1.29 is 4.79 Å². The molecule has 1 amide bonds. The number of hydrogen-bond donors (Lipinski definition) is 2. The Bertz CT molecular complexity index is 359. The van der Waals surface area contributed by atoms with Gasteiger partial charge in [-0.3, -0.25) is 10.1 Å². The third-order valence-electron chi connectivity index (χ3n) is 2.47. The van der Waals surface area contributed by atoms with Crippen LogP contribution in [0.15, 0.2) is 28.7 Å². The number of nitrogens with one attached hydrogen (secondary N) is 1. The van der Waals surface area contributed by atoms with E-state index < -0.39 is 0 Å². The second-order valence-corrected chi connectivity index (χ2v) is 4.74. The zero-order valence-electron chi connectivity index (χ0n) is 8.24. The van der Waals surface area contributed by atoms with Gasteiger partial charge < -0.3 is 5.73 Å². The van der Waals surface area contributed by atoms with Crippen LogP contribution in [0.5, 0.6) is 0 Å². The van der Waals surface area contributed by atoms with Crippen LogP contribution in [0.4, 0.5) is 0 Å². The fourth-order valence-corrected chi connectivity index (χ4v) is 1.75. The summed E-state index contributed by atoms with van der Waals surface area (Å²) in [5.41, 5.74) is 6.30. The average molecular weight is 269 g/mol. The first-order valence-corrected chi connectivity index (χ1v) is 5.77. The van der Waals surface area contributed by atoms with E-state index in [4.69, 9.17) is 5.73 Å². The average Bonchev–Trinajstić information content (AvgIpc) is 2.99. The number of nitrogens with two attached hydrogens (primary N) is 1.